The van der Waals surface area contributed by atoms with Crippen molar-refractivity contribution in [3.63, 3.8) is 0 Å². The van der Waals surface area contributed by atoms with Gasteiger partial charge in [-0.1, -0.05) is 170 Å². The minimum Gasteiger partial charge on any atom is -0.309 e. The smallest absolute Gasteiger partial charge is 0.140 e. The van der Waals surface area contributed by atoms with Gasteiger partial charge in [0.2, 0.25) is 0 Å². The van der Waals surface area contributed by atoms with E-state index < -0.39 is 96.7 Å². The van der Waals surface area contributed by atoms with E-state index in [9.17, 15) is 11.0 Å². The van der Waals surface area contributed by atoms with Gasteiger partial charge in [0.25, 0.3) is 0 Å². The maximum Gasteiger partial charge on any atom is 0.140 e. The summed E-state index contributed by atoms with van der Waals surface area (Å²) in [4.78, 5) is 5.23. The molecule has 0 saturated heterocycles. The molecule has 70 heavy (non-hydrogen) atoms. The third-order valence-electron chi connectivity index (χ3n) is 13.5. The van der Waals surface area contributed by atoms with Crippen LogP contribution in [0.1, 0.15) is 21.9 Å². The summed E-state index contributed by atoms with van der Waals surface area (Å²) in [6, 6.07) is 39.4. The van der Waals surface area contributed by atoms with Crippen LogP contribution in [0.4, 0.5) is 0 Å². The molecule has 0 bridgehead atoms. The van der Waals surface area contributed by atoms with E-state index >= 15 is 0 Å². The quantitative estimate of drug-likeness (QED) is 0.164. The molecule has 326 valence electrons. The van der Waals surface area contributed by atoms with Crippen LogP contribution in [-0.2, 0) is 0 Å². The molecule has 5 heteroatoms. The lowest BCUT2D eigenvalue weighted by Crippen LogP contribution is -2.06. The van der Waals surface area contributed by atoms with Crippen LogP contribution in [0.15, 0.2) is 248 Å². The topological polar surface area (TPSA) is 32.6 Å². The number of hydrogen-bond acceptors (Lipinski definition) is 1. The van der Waals surface area contributed by atoms with Crippen LogP contribution < -0.4 is 0 Å². The molecule has 0 N–H and O–H groups in total. The summed E-state index contributed by atoms with van der Waals surface area (Å²) in [6.45, 7) is 0. The highest BCUT2D eigenvalue weighted by Gasteiger charge is 2.24. The minimum atomic E-state index is -0.670. The summed E-state index contributed by atoms with van der Waals surface area (Å²) >= 11 is 0. The molecule has 0 radical (unpaired) electrons. The van der Waals surface area contributed by atoms with Gasteiger partial charge in [-0.25, -0.2) is 4.98 Å². The highest BCUT2D eigenvalue weighted by Crippen LogP contribution is 2.44. The van der Waals surface area contributed by atoms with Crippen molar-refractivity contribution in [2.45, 2.75) is 0 Å². The number of para-hydroxylation sites is 8. The van der Waals surface area contributed by atoms with Crippen LogP contribution in [0.3, 0.4) is 0 Å². The standard InChI is InChI=1S/C65H41N5/c1-9-27-54-46(18-1)47-19-2-10-28-55(47)67(54)44-38-36-42(37-39-44)45-26-17-35-62(68-56-29-11-3-20-48(56)49-21-4-12-30-57(49)68)65(45)43-40-63(69-58-31-13-5-22-50(58)51-23-6-14-32-59(51)69)66-64(41-43)70-60-33-15-7-24-52(60)53-25-8-16-34-61(53)70/h1-41H/i5D,6D,7D,8D,13D,14D,15D,16D,22D,23D,24D,25D,31D,32D,33D,34D. The molecule has 0 aliphatic carbocycles. The van der Waals surface area contributed by atoms with Gasteiger partial charge in [-0.15, -0.1) is 0 Å². The molecule has 5 heterocycles. The first-order valence-electron chi connectivity index (χ1n) is 30.7. The minimum absolute atomic E-state index is 0.186. The fourth-order valence-corrected chi connectivity index (χ4v) is 10.6. The highest BCUT2D eigenvalue weighted by atomic mass is 15.1. The Morgan fingerprint density at radius 3 is 1.11 bits per heavy atom. The molecular weight excluding hydrogens is 851 g/mol. The van der Waals surface area contributed by atoms with Crippen molar-refractivity contribution in [3.05, 3.63) is 248 Å². The Morgan fingerprint density at radius 1 is 0.300 bits per heavy atom. The number of nitrogens with zero attached hydrogens (tertiary/aromatic N) is 5. The molecule has 5 nitrogen and oxygen atoms in total. The number of aromatic nitrogens is 5. The molecule has 10 aromatic carbocycles. The maximum atomic E-state index is 9.57. The zero-order valence-electron chi connectivity index (χ0n) is 52.7. The Kier molecular flexibility index (Phi) is 5.62. The first-order valence-corrected chi connectivity index (χ1v) is 22.7. The Balaban J connectivity index is 1.14. The lowest BCUT2D eigenvalue weighted by molar-refractivity contribution is 1.01. The van der Waals surface area contributed by atoms with Gasteiger partial charge in [0, 0.05) is 54.3 Å². The van der Waals surface area contributed by atoms with E-state index in [4.69, 9.17) is 16.0 Å². The molecule has 0 atom stereocenters. The second-order valence-corrected chi connectivity index (χ2v) is 17.1. The summed E-state index contributed by atoms with van der Waals surface area (Å²) in [6.07, 6.45) is 0. The van der Waals surface area contributed by atoms with Crippen LogP contribution in [-0.4, -0.2) is 23.3 Å². The zero-order valence-corrected chi connectivity index (χ0v) is 36.7. The third kappa shape index (κ3) is 5.57. The number of pyridine rings is 1. The third-order valence-corrected chi connectivity index (χ3v) is 13.5. The first-order chi connectivity index (χ1) is 41.4. The summed E-state index contributed by atoms with van der Waals surface area (Å²) in [5.41, 5.74) is 6.37. The predicted octanol–water partition coefficient (Wildman–Crippen LogP) is 16.8. The summed E-state index contributed by atoms with van der Waals surface area (Å²) in [5, 5.41) is 3.16. The van der Waals surface area contributed by atoms with Crippen LogP contribution >= 0.6 is 0 Å². The largest absolute Gasteiger partial charge is 0.309 e. The summed E-state index contributed by atoms with van der Waals surface area (Å²) < 4.78 is 154. The number of benzene rings is 10. The highest BCUT2D eigenvalue weighted by molar-refractivity contribution is 6.13. The van der Waals surface area contributed by atoms with Gasteiger partial charge in [0.15, 0.2) is 0 Å². The van der Waals surface area contributed by atoms with E-state index in [0.717, 1.165) is 54.9 Å². The Bertz CT molecular complexity index is 5120. The van der Waals surface area contributed by atoms with Crippen LogP contribution in [0.5, 0.6) is 0 Å². The predicted molar refractivity (Wildman–Crippen MR) is 292 cm³/mol. The van der Waals surface area contributed by atoms with E-state index in [-0.39, 0.29) is 55.2 Å². The van der Waals surface area contributed by atoms with Crippen molar-refractivity contribution in [2.24, 2.45) is 0 Å². The Hall–Kier alpha value is -9.45. The van der Waals surface area contributed by atoms with Crippen molar-refractivity contribution in [1.82, 2.24) is 23.3 Å². The normalized spacial score (nSPS) is 15.2. The van der Waals surface area contributed by atoms with Gasteiger partial charge in [-0.3, -0.25) is 9.13 Å². The van der Waals surface area contributed by atoms with E-state index in [1.165, 1.54) is 9.13 Å². The molecule has 0 aliphatic rings. The van der Waals surface area contributed by atoms with E-state index in [2.05, 4.69) is 33.4 Å². The molecule has 15 rings (SSSR count). The van der Waals surface area contributed by atoms with Crippen LogP contribution in [0.25, 0.3) is 132 Å². The van der Waals surface area contributed by atoms with E-state index in [1.807, 2.05) is 115 Å². The van der Waals surface area contributed by atoms with Crippen molar-refractivity contribution in [1.29, 1.82) is 0 Å². The molecule has 0 amide bonds. The van der Waals surface area contributed by atoms with Gasteiger partial charge in [0.1, 0.15) is 11.6 Å². The van der Waals surface area contributed by atoms with Gasteiger partial charge in [-0.2, -0.15) is 0 Å². The van der Waals surface area contributed by atoms with Gasteiger partial charge >= 0.3 is 0 Å². The van der Waals surface area contributed by atoms with E-state index in [1.54, 1.807) is 12.1 Å². The summed E-state index contributed by atoms with van der Waals surface area (Å²) in [5.74, 6) is -0.372. The number of fused-ring (bicyclic) bond motifs is 12. The van der Waals surface area contributed by atoms with Gasteiger partial charge in [0.05, 0.1) is 71.8 Å². The monoisotopic (exact) mass is 907 g/mol. The molecule has 0 fully saturated rings. The lowest BCUT2D eigenvalue weighted by Gasteiger charge is -2.21. The number of hydrogen-bond donors (Lipinski definition) is 0. The van der Waals surface area contributed by atoms with Gasteiger partial charge in [-0.05, 0) is 95.5 Å². The first kappa shape index (κ1) is 26.2. The fourth-order valence-electron chi connectivity index (χ4n) is 10.6. The molecule has 5 aromatic heterocycles. The zero-order chi connectivity index (χ0) is 59.8. The molecule has 0 aliphatic heterocycles. The fraction of sp³-hybridized carbons (Fsp3) is 0. The second kappa shape index (κ2) is 15.0. The molecular formula is C65H41N5. The van der Waals surface area contributed by atoms with E-state index in [0.29, 0.717) is 22.4 Å². The molecule has 15 aromatic rings. The maximum absolute atomic E-state index is 9.57. The number of rotatable bonds is 6. The Morgan fingerprint density at radius 2 is 0.686 bits per heavy atom. The molecule has 0 saturated carbocycles. The van der Waals surface area contributed by atoms with Crippen molar-refractivity contribution in [2.75, 3.05) is 0 Å². The SMILES string of the molecule is [2H]c1c([2H])c([2H])c2c(c1[2H])c1c([2H])c([2H])c([2H])c([2H])c1n2-c1cc(-c2c(-c3ccc(-n4c5ccccc5c5ccccc54)cc3)cccc2-n2c3ccccc3c3ccccc32)cc(-n2c3c([2H])c([2H])c([2H])c([2H])c3c3c([2H])c([2H])c([2H])c([2H])c32)n1. The van der Waals surface area contributed by atoms with Gasteiger partial charge < -0.3 is 9.13 Å². The lowest BCUT2D eigenvalue weighted by atomic mass is 9.92. The summed E-state index contributed by atoms with van der Waals surface area (Å²) in [7, 11) is 0. The van der Waals surface area contributed by atoms with Crippen LogP contribution in [0.2, 0.25) is 0 Å². The molecule has 0 unspecified atom stereocenters. The second-order valence-electron chi connectivity index (χ2n) is 17.1. The van der Waals surface area contributed by atoms with Crippen molar-refractivity contribution >= 4 is 87.2 Å². The molecule has 0 spiro atoms. The van der Waals surface area contributed by atoms with Crippen LogP contribution in [0, 0.1) is 0 Å². The van der Waals surface area contributed by atoms with Crippen molar-refractivity contribution in [3.8, 4) is 45.3 Å². The van der Waals surface area contributed by atoms with Crippen molar-refractivity contribution < 1.29 is 21.9 Å². The average Bonchev–Trinajstić information content (AvgIpc) is 1.61. The average molecular weight is 908 g/mol. The Labute approximate surface area is 425 Å².